The van der Waals surface area contributed by atoms with Crippen molar-refractivity contribution in [2.24, 2.45) is 0 Å². The van der Waals surface area contributed by atoms with Gasteiger partial charge < -0.3 is 5.73 Å². The highest BCUT2D eigenvalue weighted by Crippen LogP contribution is 2.41. The van der Waals surface area contributed by atoms with E-state index >= 15 is 0 Å². The molecule has 1 aliphatic carbocycles. The number of fused-ring (bicyclic) bond motifs is 2. The summed E-state index contributed by atoms with van der Waals surface area (Å²) < 4.78 is 1.21. The average Bonchev–Trinajstić information content (AvgIpc) is 3.03. The fourth-order valence-electron chi connectivity index (χ4n) is 2.85. The van der Waals surface area contributed by atoms with Crippen LogP contribution in [0.5, 0.6) is 0 Å². The molecule has 1 aromatic carbocycles. The maximum atomic E-state index is 5.85. The molecule has 2 heterocycles. The zero-order chi connectivity index (χ0) is 12.8. The maximum Gasteiger partial charge on any atom is 0.101 e. The first kappa shape index (κ1) is 11.4. The van der Waals surface area contributed by atoms with Gasteiger partial charge in [-0.2, -0.15) is 0 Å². The first-order chi connectivity index (χ1) is 9.31. The number of nitrogen functional groups attached to an aromatic ring is 1. The van der Waals surface area contributed by atoms with Gasteiger partial charge in [0.25, 0.3) is 0 Å². The second kappa shape index (κ2) is 4.32. The molecule has 0 radical (unpaired) electrons. The number of benzene rings is 1. The van der Waals surface area contributed by atoms with E-state index in [1.54, 1.807) is 16.2 Å². The van der Waals surface area contributed by atoms with E-state index in [2.05, 4.69) is 11.4 Å². The van der Waals surface area contributed by atoms with Crippen LogP contribution in [0.25, 0.3) is 10.2 Å². The van der Waals surface area contributed by atoms with Gasteiger partial charge in [0, 0.05) is 16.5 Å². The zero-order valence-electron chi connectivity index (χ0n) is 10.4. The number of nitrogens with two attached hydrogens (primary N) is 1. The van der Waals surface area contributed by atoms with Gasteiger partial charge >= 0.3 is 0 Å². The molecule has 1 atom stereocenters. The van der Waals surface area contributed by atoms with E-state index in [9.17, 15) is 0 Å². The normalized spacial score (nSPS) is 18.6. The minimum atomic E-state index is 0.494. The molecule has 2 nitrogen and oxygen atoms in total. The zero-order valence-corrected chi connectivity index (χ0v) is 12.1. The smallest absolute Gasteiger partial charge is 0.101 e. The second-order valence-corrected chi connectivity index (χ2v) is 7.09. The Morgan fingerprint density at radius 3 is 3.16 bits per heavy atom. The van der Waals surface area contributed by atoms with Crippen molar-refractivity contribution in [2.75, 3.05) is 5.73 Å². The molecule has 0 bridgehead atoms. The lowest BCUT2D eigenvalue weighted by Gasteiger charge is -2.20. The molecule has 0 saturated carbocycles. The highest BCUT2D eigenvalue weighted by atomic mass is 32.1. The highest BCUT2D eigenvalue weighted by Gasteiger charge is 2.25. The standard InChI is InChI=1S/C15H14N2S2/c16-9-4-5-12-14(8-9)19-15(17-12)11-2-1-3-13-10(11)6-7-18-13/h4-8,11H,1-3,16H2. The Labute approximate surface area is 119 Å². The SMILES string of the molecule is Nc1ccc2nc(C3CCCc4sccc43)sc2c1. The van der Waals surface area contributed by atoms with Crippen LogP contribution < -0.4 is 5.73 Å². The molecule has 0 fully saturated rings. The topological polar surface area (TPSA) is 38.9 Å². The van der Waals surface area contributed by atoms with Crippen molar-refractivity contribution < 1.29 is 0 Å². The molecule has 4 rings (SSSR count). The number of hydrogen-bond donors (Lipinski definition) is 1. The Morgan fingerprint density at radius 1 is 1.26 bits per heavy atom. The van der Waals surface area contributed by atoms with Crippen LogP contribution in [0.2, 0.25) is 0 Å². The summed E-state index contributed by atoms with van der Waals surface area (Å²) in [7, 11) is 0. The first-order valence-electron chi connectivity index (χ1n) is 6.53. The van der Waals surface area contributed by atoms with Gasteiger partial charge in [-0.3, -0.25) is 0 Å². The minimum absolute atomic E-state index is 0.494. The summed E-state index contributed by atoms with van der Waals surface area (Å²) in [6.07, 6.45) is 3.73. The van der Waals surface area contributed by atoms with Gasteiger partial charge in [-0.25, -0.2) is 4.98 Å². The number of rotatable bonds is 1. The van der Waals surface area contributed by atoms with E-state index in [-0.39, 0.29) is 0 Å². The first-order valence-corrected chi connectivity index (χ1v) is 8.23. The van der Waals surface area contributed by atoms with Crippen molar-refractivity contribution in [3.05, 3.63) is 45.1 Å². The quantitative estimate of drug-likeness (QED) is 0.673. The van der Waals surface area contributed by atoms with Crippen LogP contribution in [-0.2, 0) is 6.42 Å². The average molecular weight is 286 g/mol. The number of nitrogens with zero attached hydrogens (tertiary/aromatic N) is 1. The van der Waals surface area contributed by atoms with Crippen LogP contribution in [0.15, 0.2) is 29.6 Å². The molecule has 19 heavy (non-hydrogen) atoms. The molecule has 1 unspecified atom stereocenters. The number of aryl methyl sites for hydroxylation is 1. The maximum absolute atomic E-state index is 5.85. The van der Waals surface area contributed by atoms with Crippen LogP contribution >= 0.6 is 22.7 Å². The number of thiazole rings is 1. The summed E-state index contributed by atoms with van der Waals surface area (Å²) in [6.45, 7) is 0. The summed E-state index contributed by atoms with van der Waals surface area (Å²) >= 11 is 3.69. The summed E-state index contributed by atoms with van der Waals surface area (Å²) in [4.78, 5) is 6.37. The Kier molecular flexibility index (Phi) is 2.60. The van der Waals surface area contributed by atoms with Gasteiger partial charge in [0.15, 0.2) is 0 Å². The van der Waals surface area contributed by atoms with E-state index in [4.69, 9.17) is 10.7 Å². The summed E-state index contributed by atoms with van der Waals surface area (Å²) in [5, 5.41) is 3.47. The second-order valence-electron chi connectivity index (χ2n) is 5.02. The molecule has 3 aromatic rings. The number of aromatic nitrogens is 1. The van der Waals surface area contributed by atoms with Crippen LogP contribution in [0.4, 0.5) is 5.69 Å². The van der Waals surface area contributed by atoms with E-state index in [1.807, 2.05) is 29.5 Å². The van der Waals surface area contributed by atoms with Crippen LogP contribution in [0.1, 0.15) is 34.2 Å². The van der Waals surface area contributed by atoms with Crippen molar-refractivity contribution in [2.45, 2.75) is 25.2 Å². The Balaban J connectivity index is 1.83. The molecular formula is C15H14N2S2. The van der Waals surface area contributed by atoms with Crippen LogP contribution in [0.3, 0.4) is 0 Å². The van der Waals surface area contributed by atoms with Crippen molar-refractivity contribution in [3.8, 4) is 0 Å². The third-order valence-electron chi connectivity index (χ3n) is 3.78. The van der Waals surface area contributed by atoms with Gasteiger partial charge in [-0.15, -0.1) is 22.7 Å². The van der Waals surface area contributed by atoms with Crippen molar-refractivity contribution in [1.82, 2.24) is 4.98 Å². The van der Waals surface area contributed by atoms with Crippen molar-refractivity contribution in [3.63, 3.8) is 0 Å². The summed E-state index contributed by atoms with van der Waals surface area (Å²) in [5.41, 5.74) is 9.26. The van der Waals surface area contributed by atoms with Gasteiger partial charge in [0.05, 0.1) is 10.2 Å². The summed E-state index contributed by atoms with van der Waals surface area (Å²) in [5.74, 6) is 0.494. The largest absolute Gasteiger partial charge is 0.399 e. The predicted octanol–water partition coefficient (Wildman–Crippen LogP) is 4.41. The fourth-order valence-corrected chi connectivity index (χ4v) is 5.01. The van der Waals surface area contributed by atoms with Crippen LogP contribution in [-0.4, -0.2) is 4.98 Å². The minimum Gasteiger partial charge on any atom is -0.399 e. The third kappa shape index (κ3) is 1.86. The Morgan fingerprint density at radius 2 is 2.21 bits per heavy atom. The van der Waals surface area contributed by atoms with E-state index < -0.39 is 0 Å². The molecule has 0 spiro atoms. The van der Waals surface area contributed by atoms with Gasteiger partial charge in [0.2, 0.25) is 0 Å². The van der Waals surface area contributed by atoms with Gasteiger partial charge in [-0.1, -0.05) is 0 Å². The van der Waals surface area contributed by atoms with Crippen molar-refractivity contribution in [1.29, 1.82) is 0 Å². The van der Waals surface area contributed by atoms with Gasteiger partial charge in [-0.05, 0) is 54.5 Å². The molecule has 96 valence electrons. The molecule has 1 aliphatic rings. The summed E-state index contributed by atoms with van der Waals surface area (Å²) in [6, 6.07) is 8.28. The van der Waals surface area contributed by atoms with Crippen molar-refractivity contribution >= 4 is 38.6 Å². The third-order valence-corrected chi connectivity index (χ3v) is 5.91. The van der Waals surface area contributed by atoms with Gasteiger partial charge in [0.1, 0.15) is 5.01 Å². The molecular weight excluding hydrogens is 272 g/mol. The molecule has 2 N–H and O–H groups in total. The monoisotopic (exact) mass is 286 g/mol. The van der Waals surface area contributed by atoms with E-state index in [0.29, 0.717) is 5.92 Å². The highest BCUT2D eigenvalue weighted by molar-refractivity contribution is 7.18. The predicted molar refractivity (Wildman–Crippen MR) is 83.1 cm³/mol. The number of thiophene rings is 1. The van der Waals surface area contributed by atoms with E-state index in [0.717, 1.165) is 11.2 Å². The molecule has 0 saturated heterocycles. The molecule has 4 heteroatoms. The number of anilines is 1. The lowest BCUT2D eigenvalue weighted by molar-refractivity contribution is 0.623. The Bertz CT molecular complexity index is 742. The molecule has 0 aliphatic heterocycles. The molecule has 2 aromatic heterocycles. The van der Waals surface area contributed by atoms with Crippen LogP contribution in [0, 0.1) is 0 Å². The Hall–Kier alpha value is -1.39. The van der Waals surface area contributed by atoms with E-state index in [1.165, 1.54) is 34.5 Å². The number of hydrogen-bond acceptors (Lipinski definition) is 4. The molecule has 0 amide bonds. The lowest BCUT2D eigenvalue weighted by atomic mass is 9.88. The lowest BCUT2D eigenvalue weighted by Crippen LogP contribution is -2.07. The fraction of sp³-hybridized carbons (Fsp3) is 0.267.